The molecule has 0 heterocycles. The fourth-order valence-electron chi connectivity index (χ4n) is 2.94. The van der Waals surface area contributed by atoms with E-state index in [1.807, 2.05) is 24.3 Å². The van der Waals surface area contributed by atoms with Crippen molar-refractivity contribution in [3.05, 3.63) is 74.8 Å². The monoisotopic (exact) mass is 444 g/mol. The second kappa shape index (κ2) is 10.1. The number of methoxy groups -OCH3 is 1. The Balaban J connectivity index is 1.55. The van der Waals surface area contributed by atoms with E-state index in [-0.39, 0.29) is 29.3 Å². The van der Waals surface area contributed by atoms with Crippen molar-refractivity contribution in [2.75, 3.05) is 13.7 Å². The molecule has 0 radical (unpaired) electrons. The van der Waals surface area contributed by atoms with E-state index in [0.717, 1.165) is 30.2 Å². The fourth-order valence-corrected chi connectivity index (χ4v) is 3.12. The smallest absolute Gasteiger partial charge is 0.331 e. The molecular weight excluding hydrogens is 424 g/mol. The van der Waals surface area contributed by atoms with E-state index in [0.29, 0.717) is 12.1 Å². The van der Waals surface area contributed by atoms with Gasteiger partial charge in [0.25, 0.3) is 11.6 Å². The highest BCUT2D eigenvalue weighted by molar-refractivity contribution is 6.32. The maximum Gasteiger partial charge on any atom is 0.331 e. The lowest BCUT2D eigenvalue weighted by atomic mass is 10.2. The Morgan fingerprint density at radius 1 is 1.23 bits per heavy atom. The second-order valence-corrected chi connectivity index (χ2v) is 7.42. The van der Waals surface area contributed by atoms with Gasteiger partial charge >= 0.3 is 5.97 Å². The molecule has 1 amide bonds. The van der Waals surface area contributed by atoms with Crippen molar-refractivity contribution in [2.45, 2.75) is 25.4 Å². The predicted molar refractivity (Wildman–Crippen MR) is 115 cm³/mol. The van der Waals surface area contributed by atoms with E-state index in [2.05, 4.69) is 0 Å². The molecule has 2 aromatic rings. The molecule has 1 fully saturated rings. The highest BCUT2D eigenvalue weighted by atomic mass is 35.5. The minimum atomic E-state index is -0.717. The SMILES string of the molecule is COc1ccc(CN(C(=O)COC(=O)/C=C/c2ccc(Cl)c([N+](=O)[O-])c2)C2CC2)cc1. The zero-order valence-corrected chi connectivity index (χ0v) is 17.6. The summed E-state index contributed by atoms with van der Waals surface area (Å²) in [6.45, 7) is 0.0475. The third-order valence-corrected chi connectivity index (χ3v) is 5.06. The normalized spacial score (nSPS) is 13.1. The molecule has 1 aliphatic rings. The Morgan fingerprint density at radius 2 is 1.94 bits per heavy atom. The van der Waals surface area contributed by atoms with Gasteiger partial charge in [-0.25, -0.2) is 4.79 Å². The van der Waals surface area contributed by atoms with Gasteiger partial charge < -0.3 is 14.4 Å². The third kappa shape index (κ3) is 6.29. The number of nitro groups is 1. The number of nitro benzene ring substituents is 1. The first-order valence-electron chi connectivity index (χ1n) is 9.58. The second-order valence-electron chi connectivity index (χ2n) is 7.01. The molecule has 0 aliphatic heterocycles. The van der Waals surface area contributed by atoms with Gasteiger partial charge in [0.2, 0.25) is 0 Å². The summed E-state index contributed by atoms with van der Waals surface area (Å²) >= 11 is 5.77. The summed E-state index contributed by atoms with van der Waals surface area (Å²) in [6, 6.07) is 11.8. The van der Waals surface area contributed by atoms with E-state index in [1.54, 1.807) is 12.0 Å². The van der Waals surface area contributed by atoms with Gasteiger partial charge in [-0.2, -0.15) is 0 Å². The quantitative estimate of drug-likeness (QED) is 0.251. The predicted octanol–water partition coefficient (Wildman–Crippen LogP) is 4.00. The number of esters is 1. The van der Waals surface area contributed by atoms with Gasteiger partial charge in [0.05, 0.1) is 12.0 Å². The van der Waals surface area contributed by atoms with Crippen molar-refractivity contribution in [1.82, 2.24) is 4.90 Å². The molecule has 3 rings (SSSR count). The van der Waals surface area contributed by atoms with E-state index < -0.39 is 10.9 Å². The molecular formula is C22H21ClN2O6. The van der Waals surface area contributed by atoms with E-state index >= 15 is 0 Å². The minimum Gasteiger partial charge on any atom is -0.497 e. The molecule has 1 aliphatic carbocycles. The molecule has 0 bridgehead atoms. The number of carbonyl (C=O) groups is 2. The number of halogens is 1. The standard InChI is InChI=1S/C22H21ClN2O6/c1-30-18-8-2-16(3-9-18)13-24(17-6-7-17)21(26)14-31-22(27)11-5-15-4-10-19(23)20(12-15)25(28)29/h2-5,8-12,17H,6-7,13-14H2,1H3/b11-5+. The Bertz CT molecular complexity index is 1000. The van der Waals surface area contributed by atoms with Crippen molar-refractivity contribution >= 4 is 35.2 Å². The molecule has 8 nitrogen and oxygen atoms in total. The van der Waals surface area contributed by atoms with Crippen molar-refractivity contribution < 1.29 is 24.0 Å². The van der Waals surface area contributed by atoms with Crippen molar-refractivity contribution in [3.8, 4) is 5.75 Å². The zero-order valence-electron chi connectivity index (χ0n) is 16.8. The van der Waals surface area contributed by atoms with Gasteiger partial charge in [-0.3, -0.25) is 14.9 Å². The number of ether oxygens (including phenoxy) is 2. The summed E-state index contributed by atoms with van der Waals surface area (Å²) in [6.07, 6.45) is 4.33. The van der Waals surface area contributed by atoms with Crippen LogP contribution in [0.25, 0.3) is 6.08 Å². The molecule has 0 saturated heterocycles. The highest BCUT2D eigenvalue weighted by Gasteiger charge is 2.32. The first-order valence-corrected chi connectivity index (χ1v) is 9.96. The molecule has 0 N–H and O–H groups in total. The van der Waals surface area contributed by atoms with Gasteiger partial charge in [-0.05, 0) is 48.2 Å². The van der Waals surface area contributed by atoms with Crippen LogP contribution in [0.1, 0.15) is 24.0 Å². The number of nitrogens with zero attached hydrogens (tertiary/aromatic N) is 2. The molecule has 0 unspecified atom stereocenters. The van der Waals surface area contributed by atoms with Crippen LogP contribution in [0.5, 0.6) is 5.75 Å². The van der Waals surface area contributed by atoms with Crippen LogP contribution in [0.2, 0.25) is 5.02 Å². The molecule has 31 heavy (non-hydrogen) atoms. The summed E-state index contributed by atoms with van der Waals surface area (Å²) in [5.41, 5.74) is 1.11. The van der Waals surface area contributed by atoms with Crippen LogP contribution in [0.4, 0.5) is 5.69 Å². The van der Waals surface area contributed by atoms with Gasteiger partial charge in [-0.15, -0.1) is 0 Å². The van der Waals surface area contributed by atoms with Gasteiger partial charge in [0, 0.05) is 24.7 Å². The molecule has 1 saturated carbocycles. The number of rotatable bonds is 9. The van der Waals surface area contributed by atoms with Gasteiger partial charge in [0.15, 0.2) is 6.61 Å². The van der Waals surface area contributed by atoms with Crippen LogP contribution in [0.15, 0.2) is 48.5 Å². The Kier molecular flexibility index (Phi) is 7.25. The van der Waals surface area contributed by atoms with Crippen LogP contribution >= 0.6 is 11.6 Å². The van der Waals surface area contributed by atoms with Crippen LogP contribution in [0, 0.1) is 10.1 Å². The summed E-state index contributed by atoms with van der Waals surface area (Å²) in [5.74, 6) is -0.256. The lowest BCUT2D eigenvalue weighted by Gasteiger charge is -2.22. The van der Waals surface area contributed by atoms with Crippen LogP contribution in [-0.2, 0) is 20.9 Å². The first-order chi connectivity index (χ1) is 14.9. The van der Waals surface area contributed by atoms with E-state index in [4.69, 9.17) is 21.1 Å². The Labute approximate surface area is 184 Å². The molecule has 9 heteroatoms. The first kappa shape index (κ1) is 22.3. The van der Waals surface area contributed by atoms with E-state index in [9.17, 15) is 19.7 Å². The molecule has 0 atom stereocenters. The van der Waals surface area contributed by atoms with Crippen molar-refractivity contribution in [1.29, 1.82) is 0 Å². The number of carbonyl (C=O) groups excluding carboxylic acids is 2. The third-order valence-electron chi connectivity index (χ3n) is 4.74. The molecule has 0 spiro atoms. The largest absolute Gasteiger partial charge is 0.497 e. The zero-order chi connectivity index (χ0) is 22.4. The molecule has 0 aromatic heterocycles. The van der Waals surface area contributed by atoms with Gasteiger partial charge in [0.1, 0.15) is 10.8 Å². The van der Waals surface area contributed by atoms with Crippen LogP contribution < -0.4 is 4.74 Å². The lowest BCUT2D eigenvalue weighted by molar-refractivity contribution is -0.384. The molecule has 2 aromatic carbocycles. The summed E-state index contributed by atoms with van der Waals surface area (Å²) in [7, 11) is 1.59. The number of hydrogen-bond acceptors (Lipinski definition) is 6. The van der Waals surface area contributed by atoms with Crippen molar-refractivity contribution in [2.24, 2.45) is 0 Å². The number of amides is 1. The van der Waals surface area contributed by atoms with E-state index in [1.165, 1.54) is 24.3 Å². The highest BCUT2D eigenvalue weighted by Crippen LogP contribution is 2.29. The summed E-state index contributed by atoms with van der Waals surface area (Å²) < 4.78 is 10.2. The summed E-state index contributed by atoms with van der Waals surface area (Å²) in [5, 5.41) is 10.9. The fraction of sp³-hybridized carbons (Fsp3) is 0.273. The Morgan fingerprint density at radius 3 is 2.55 bits per heavy atom. The summed E-state index contributed by atoms with van der Waals surface area (Å²) in [4.78, 5) is 36.6. The van der Waals surface area contributed by atoms with Crippen LogP contribution in [-0.4, -0.2) is 41.5 Å². The van der Waals surface area contributed by atoms with Crippen LogP contribution in [0.3, 0.4) is 0 Å². The topological polar surface area (TPSA) is 99.0 Å². The maximum absolute atomic E-state index is 12.6. The maximum atomic E-state index is 12.6. The molecule has 162 valence electrons. The average Bonchev–Trinajstić information content (AvgIpc) is 3.60. The average molecular weight is 445 g/mol. The lowest BCUT2D eigenvalue weighted by Crippen LogP contribution is -2.35. The van der Waals surface area contributed by atoms with Gasteiger partial charge in [-0.1, -0.05) is 29.8 Å². The minimum absolute atomic E-state index is 0.00681. The van der Waals surface area contributed by atoms with Crippen molar-refractivity contribution in [3.63, 3.8) is 0 Å². The Hall–Kier alpha value is -3.39. The number of benzene rings is 2. The number of hydrogen-bond donors (Lipinski definition) is 0.